The first-order valence-corrected chi connectivity index (χ1v) is 10.5. The van der Waals surface area contributed by atoms with E-state index in [4.69, 9.17) is 9.97 Å². The highest BCUT2D eigenvalue weighted by molar-refractivity contribution is 5.51. The van der Waals surface area contributed by atoms with Crippen LogP contribution in [0.1, 0.15) is 16.8 Å². The van der Waals surface area contributed by atoms with Crippen LogP contribution in [0, 0.1) is 6.92 Å². The van der Waals surface area contributed by atoms with Crippen LogP contribution in [0.2, 0.25) is 0 Å². The van der Waals surface area contributed by atoms with Crippen LogP contribution < -0.4 is 14.7 Å². The summed E-state index contributed by atoms with van der Waals surface area (Å²) in [7, 11) is 0. The molecule has 0 aliphatic carbocycles. The predicted molar refractivity (Wildman–Crippen MR) is 119 cm³/mol. The Bertz CT molecular complexity index is 980. The molecule has 3 aromatic rings. The van der Waals surface area contributed by atoms with Crippen LogP contribution in [0.4, 0.5) is 17.5 Å². The van der Waals surface area contributed by atoms with Gasteiger partial charge < -0.3 is 14.7 Å². The van der Waals surface area contributed by atoms with Crippen LogP contribution in [0.15, 0.2) is 60.7 Å². The molecule has 148 valence electrons. The lowest BCUT2D eigenvalue weighted by molar-refractivity contribution is 0.643. The number of aryl methyl sites for hydroxylation is 1. The van der Waals surface area contributed by atoms with E-state index in [0.29, 0.717) is 0 Å². The number of fused-ring (bicyclic) bond motifs is 1. The van der Waals surface area contributed by atoms with E-state index in [1.54, 1.807) is 0 Å². The summed E-state index contributed by atoms with van der Waals surface area (Å²) in [6.07, 6.45) is 1.05. The lowest BCUT2D eigenvalue weighted by Crippen LogP contribution is -2.47. The fourth-order valence-electron chi connectivity index (χ4n) is 4.34. The second kappa shape index (κ2) is 7.74. The third kappa shape index (κ3) is 3.77. The van der Waals surface area contributed by atoms with Gasteiger partial charge in [-0.05, 0) is 36.6 Å². The minimum atomic E-state index is 0.861. The largest absolute Gasteiger partial charge is 0.368 e. The van der Waals surface area contributed by atoms with Gasteiger partial charge in [0.25, 0.3) is 0 Å². The highest BCUT2D eigenvalue weighted by Crippen LogP contribution is 2.25. The SMILES string of the molecule is Cc1cc(N2CCN(c3ccccc3)CC2)nc(N2CCc3ccccc3C2)n1. The molecule has 0 bridgehead atoms. The van der Waals surface area contributed by atoms with Crippen LogP contribution >= 0.6 is 0 Å². The van der Waals surface area contributed by atoms with Crippen LogP contribution in [0.5, 0.6) is 0 Å². The Hall–Kier alpha value is -3.08. The second-order valence-corrected chi connectivity index (χ2v) is 7.92. The van der Waals surface area contributed by atoms with E-state index < -0.39 is 0 Å². The number of piperazine rings is 1. The van der Waals surface area contributed by atoms with Crippen molar-refractivity contribution in [3.63, 3.8) is 0 Å². The van der Waals surface area contributed by atoms with Gasteiger partial charge in [0.05, 0.1) is 0 Å². The molecule has 0 radical (unpaired) electrons. The molecular formula is C24H27N5. The topological polar surface area (TPSA) is 35.5 Å². The van der Waals surface area contributed by atoms with Crippen molar-refractivity contribution in [3.05, 3.63) is 77.5 Å². The van der Waals surface area contributed by atoms with Gasteiger partial charge in [-0.15, -0.1) is 0 Å². The van der Waals surface area contributed by atoms with Gasteiger partial charge >= 0.3 is 0 Å². The van der Waals surface area contributed by atoms with Crippen molar-refractivity contribution in [2.75, 3.05) is 47.4 Å². The Morgan fingerprint density at radius 3 is 2.17 bits per heavy atom. The number of hydrogen-bond acceptors (Lipinski definition) is 5. The van der Waals surface area contributed by atoms with Crippen molar-refractivity contribution in [2.24, 2.45) is 0 Å². The molecule has 29 heavy (non-hydrogen) atoms. The molecule has 0 amide bonds. The summed E-state index contributed by atoms with van der Waals surface area (Å²) in [6, 6.07) is 21.5. The fraction of sp³-hybridized carbons (Fsp3) is 0.333. The molecule has 5 nitrogen and oxygen atoms in total. The van der Waals surface area contributed by atoms with Gasteiger partial charge in [0.15, 0.2) is 0 Å². The summed E-state index contributed by atoms with van der Waals surface area (Å²) in [5.74, 6) is 1.92. The Labute approximate surface area is 172 Å². The normalized spacial score (nSPS) is 16.7. The monoisotopic (exact) mass is 385 g/mol. The molecular weight excluding hydrogens is 358 g/mol. The van der Waals surface area contributed by atoms with E-state index in [2.05, 4.69) is 82.3 Å². The van der Waals surface area contributed by atoms with Gasteiger partial charge in [0.1, 0.15) is 5.82 Å². The summed E-state index contributed by atoms with van der Waals surface area (Å²) in [4.78, 5) is 16.9. The molecule has 1 saturated heterocycles. The molecule has 0 N–H and O–H groups in total. The second-order valence-electron chi connectivity index (χ2n) is 7.92. The summed E-state index contributed by atoms with van der Waals surface area (Å²) >= 11 is 0. The van der Waals surface area contributed by atoms with Crippen molar-refractivity contribution in [1.29, 1.82) is 0 Å². The number of anilines is 3. The number of hydrogen-bond donors (Lipinski definition) is 0. The zero-order valence-corrected chi connectivity index (χ0v) is 17.0. The third-order valence-electron chi connectivity index (χ3n) is 5.97. The van der Waals surface area contributed by atoms with E-state index in [9.17, 15) is 0 Å². The standard InChI is InChI=1S/C24H27N5/c1-19-17-23(28-15-13-27(14-16-28)22-9-3-2-4-10-22)26-24(25-19)29-12-11-20-7-5-6-8-21(20)18-29/h2-10,17H,11-16,18H2,1H3. The summed E-state index contributed by atoms with van der Waals surface area (Å²) < 4.78 is 0. The Balaban J connectivity index is 1.32. The first kappa shape index (κ1) is 18.0. The summed E-state index contributed by atoms with van der Waals surface area (Å²) in [5, 5.41) is 0. The quantitative estimate of drug-likeness (QED) is 0.687. The number of nitrogens with zero attached hydrogens (tertiary/aromatic N) is 5. The maximum Gasteiger partial charge on any atom is 0.227 e. The Kier molecular flexibility index (Phi) is 4.80. The molecule has 2 aliphatic heterocycles. The first-order chi connectivity index (χ1) is 14.3. The zero-order chi connectivity index (χ0) is 19.6. The molecule has 2 aliphatic rings. The molecule has 0 atom stereocenters. The predicted octanol–water partition coefficient (Wildman–Crippen LogP) is 3.67. The van der Waals surface area contributed by atoms with E-state index in [-0.39, 0.29) is 0 Å². The van der Waals surface area contributed by atoms with E-state index in [1.165, 1.54) is 16.8 Å². The molecule has 0 unspecified atom stereocenters. The fourth-order valence-corrected chi connectivity index (χ4v) is 4.34. The Morgan fingerprint density at radius 1 is 0.690 bits per heavy atom. The molecule has 1 fully saturated rings. The van der Waals surface area contributed by atoms with Crippen LogP contribution in [-0.2, 0) is 13.0 Å². The van der Waals surface area contributed by atoms with Gasteiger partial charge in [-0.1, -0.05) is 42.5 Å². The summed E-state index contributed by atoms with van der Waals surface area (Å²) in [5.41, 5.74) is 5.18. The average Bonchev–Trinajstić information content (AvgIpc) is 2.79. The molecule has 1 aromatic heterocycles. The van der Waals surface area contributed by atoms with Crippen molar-refractivity contribution in [3.8, 4) is 0 Å². The minimum absolute atomic E-state index is 0.861. The minimum Gasteiger partial charge on any atom is -0.368 e. The van der Waals surface area contributed by atoms with Gasteiger partial charge in [0, 0.05) is 56.7 Å². The van der Waals surface area contributed by atoms with Gasteiger partial charge in [-0.2, -0.15) is 4.98 Å². The molecule has 0 spiro atoms. The number of para-hydroxylation sites is 1. The van der Waals surface area contributed by atoms with E-state index in [0.717, 1.165) is 63.1 Å². The van der Waals surface area contributed by atoms with Gasteiger partial charge in [-0.3, -0.25) is 0 Å². The van der Waals surface area contributed by atoms with Crippen molar-refractivity contribution in [1.82, 2.24) is 9.97 Å². The van der Waals surface area contributed by atoms with Crippen LogP contribution in [0.25, 0.3) is 0 Å². The van der Waals surface area contributed by atoms with Gasteiger partial charge in [-0.25, -0.2) is 4.98 Å². The Morgan fingerprint density at radius 2 is 1.38 bits per heavy atom. The van der Waals surface area contributed by atoms with Gasteiger partial charge in [0.2, 0.25) is 5.95 Å². The first-order valence-electron chi connectivity index (χ1n) is 10.5. The van der Waals surface area contributed by atoms with E-state index in [1.807, 2.05) is 0 Å². The molecule has 5 rings (SSSR count). The van der Waals surface area contributed by atoms with Crippen LogP contribution in [-0.4, -0.2) is 42.7 Å². The zero-order valence-electron chi connectivity index (χ0n) is 17.0. The smallest absolute Gasteiger partial charge is 0.227 e. The highest BCUT2D eigenvalue weighted by Gasteiger charge is 2.22. The van der Waals surface area contributed by atoms with Crippen LogP contribution in [0.3, 0.4) is 0 Å². The molecule has 0 saturated carbocycles. The number of aromatic nitrogens is 2. The van der Waals surface area contributed by atoms with Crippen molar-refractivity contribution < 1.29 is 0 Å². The number of benzene rings is 2. The lowest BCUT2D eigenvalue weighted by atomic mass is 10.0. The van der Waals surface area contributed by atoms with Crippen molar-refractivity contribution in [2.45, 2.75) is 19.9 Å². The summed E-state index contributed by atoms with van der Waals surface area (Å²) in [6.45, 7) is 7.93. The third-order valence-corrected chi connectivity index (χ3v) is 5.97. The maximum absolute atomic E-state index is 4.97. The van der Waals surface area contributed by atoms with E-state index >= 15 is 0 Å². The molecule has 5 heteroatoms. The highest BCUT2D eigenvalue weighted by atomic mass is 15.3. The average molecular weight is 386 g/mol. The maximum atomic E-state index is 4.97. The van der Waals surface area contributed by atoms with Crippen molar-refractivity contribution >= 4 is 17.5 Å². The number of rotatable bonds is 3. The molecule has 2 aromatic carbocycles. The lowest BCUT2D eigenvalue weighted by Gasteiger charge is -2.37. The molecule has 3 heterocycles.